The molecule has 2 aliphatic heterocycles. The van der Waals surface area contributed by atoms with Crippen LogP contribution in [0.3, 0.4) is 0 Å². The van der Waals surface area contributed by atoms with E-state index in [4.69, 9.17) is 14.2 Å². The Labute approximate surface area is 92.1 Å². The molecule has 0 N–H and O–H groups in total. The van der Waals surface area contributed by atoms with Gasteiger partial charge in [-0.25, -0.2) is 0 Å². The molecule has 88 valence electrons. The zero-order valence-electron chi connectivity index (χ0n) is 10.5. The first-order valence-corrected chi connectivity index (χ1v) is 5.82. The molecule has 2 bridgehead atoms. The molecule has 2 aliphatic rings. The van der Waals surface area contributed by atoms with Gasteiger partial charge in [-0.15, -0.1) is 0 Å². The van der Waals surface area contributed by atoms with Crippen LogP contribution >= 0.6 is 0 Å². The van der Waals surface area contributed by atoms with Gasteiger partial charge in [0, 0.05) is 0 Å². The summed E-state index contributed by atoms with van der Waals surface area (Å²) < 4.78 is 18.3. The molecule has 0 radical (unpaired) electrons. The fourth-order valence-electron chi connectivity index (χ4n) is 2.62. The second-order valence-corrected chi connectivity index (χ2v) is 5.31. The molecule has 15 heavy (non-hydrogen) atoms. The highest BCUT2D eigenvalue weighted by atomic mass is 16.7. The highest BCUT2D eigenvalue weighted by Crippen LogP contribution is 2.45. The normalized spacial score (nSPS) is 60.4. The Morgan fingerprint density at radius 1 is 0.667 bits per heavy atom. The molecule has 0 aromatic rings. The van der Waals surface area contributed by atoms with Crippen LogP contribution in [0.4, 0.5) is 0 Å². The van der Waals surface area contributed by atoms with Gasteiger partial charge < -0.3 is 14.2 Å². The fourth-order valence-corrected chi connectivity index (χ4v) is 2.62. The predicted molar refractivity (Wildman–Crippen MR) is 57.9 cm³/mol. The molecule has 0 aliphatic carbocycles. The number of ether oxygens (including phenoxy) is 3. The first-order chi connectivity index (χ1) is 6.80. The van der Waals surface area contributed by atoms with Crippen LogP contribution < -0.4 is 0 Å². The number of hydrogen-bond acceptors (Lipinski definition) is 3. The summed E-state index contributed by atoms with van der Waals surface area (Å²) in [5.41, 5.74) is -0.651. The second kappa shape index (κ2) is 3.19. The quantitative estimate of drug-likeness (QED) is 0.618. The van der Waals surface area contributed by atoms with Crippen molar-refractivity contribution in [2.24, 2.45) is 0 Å². The van der Waals surface area contributed by atoms with Crippen molar-refractivity contribution >= 4 is 0 Å². The molecule has 0 spiro atoms. The van der Waals surface area contributed by atoms with Crippen LogP contribution in [-0.4, -0.2) is 35.6 Å². The van der Waals surface area contributed by atoms with E-state index in [-0.39, 0.29) is 35.6 Å². The Balaban J connectivity index is 2.36. The van der Waals surface area contributed by atoms with Crippen molar-refractivity contribution in [3.8, 4) is 0 Å². The Hall–Kier alpha value is -0.120. The highest BCUT2D eigenvalue weighted by molar-refractivity contribution is 5.05. The summed E-state index contributed by atoms with van der Waals surface area (Å²) in [6, 6.07) is 0. The van der Waals surface area contributed by atoms with Gasteiger partial charge in [0.2, 0.25) is 0 Å². The van der Waals surface area contributed by atoms with Gasteiger partial charge in [0.25, 0.3) is 0 Å². The minimum atomic E-state index is -0.326. The minimum absolute atomic E-state index is 0.0723. The van der Waals surface area contributed by atoms with Crippen LogP contribution in [-0.2, 0) is 14.2 Å². The third kappa shape index (κ3) is 1.37. The topological polar surface area (TPSA) is 27.7 Å². The van der Waals surface area contributed by atoms with Crippen molar-refractivity contribution in [2.75, 3.05) is 0 Å². The average molecular weight is 214 g/mol. The van der Waals surface area contributed by atoms with Gasteiger partial charge in [0.15, 0.2) is 0 Å². The Morgan fingerprint density at radius 2 is 0.933 bits per heavy atom. The van der Waals surface area contributed by atoms with E-state index >= 15 is 0 Å². The molecule has 2 fully saturated rings. The highest BCUT2D eigenvalue weighted by Gasteiger charge is 2.59. The fraction of sp³-hybridized carbons (Fsp3) is 1.00. The summed E-state index contributed by atoms with van der Waals surface area (Å²) in [6.07, 6.45) is 0.289. The molecule has 3 heteroatoms. The van der Waals surface area contributed by atoms with Gasteiger partial charge >= 0.3 is 0 Å². The van der Waals surface area contributed by atoms with Crippen molar-refractivity contribution in [3.05, 3.63) is 0 Å². The average Bonchev–Trinajstić information content (AvgIpc) is 2.13. The summed E-state index contributed by atoms with van der Waals surface area (Å²) in [5, 5.41) is 0. The molecule has 0 aromatic carbocycles. The predicted octanol–water partition coefficient (Wildman–Crippen LogP) is 2.13. The van der Waals surface area contributed by atoms with Crippen molar-refractivity contribution in [2.45, 2.75) is 77.2 Å². The third-order valence-electron chi connectivity index (χ3n) is 4.49. The molecule has 0 saturated carbocycles. The van der Waals surface area contributed by atoms with E-state index in [0.29, 0.717) is 0 Å². The maximum atomic E-state index is 6.30. The van der Waals surface area contributed by atoms with Crippen LogP contribution in [0.15, 0.2) is 0 Å². The van der Waals surface area contributed by atoms with Crippen molar-refractivity contribution in [3.63, 3.8) is 0 Å². The molecule has 0 aromatic heterocycles. The molecule has 4 unspecified atom stereocenters. The standard InChI is InChI=1S/C12H22O3/c1-7-11(5)8(2)14-10(4)12(6,15-11)9(3)13-7/h7-10H,1-6H3. The van der Waals surface area contributed by atoms with Crippen molar-refractivity contribution < 1.29 is 14.2 Å². The summed E-state index contributed by atoms with van der Waals surface area (Å²) in [5.74, 6) is 0. The van der Waals surface area contributed by atoms with Gasteiger partial charge in [0.05, 0.1) is 24.4 Å². The van der Waals surface area contributed by atoms with Gasteiger partial charge in [0.1, 0.15) is 11.2 Å². The maximum Gasteiger partial charge on any atom is 0.118 e. The zero-order valence-corrected chi connectivity index (χ0v) is 10.5. The molecule has 2 saturated heterocycles. The Kier molecular flexibility index (Phi) is 2.42. The van der Waals surface area contributed by atoms with Crippen LogP contribution in [0.5, 0.6) is 0 Å². The van der Waals surface area contributed by atoms with Crippen molar-refractivity contribution in [1.29, 1.82) is 0 Å². The smallest absolute Gasteiger partial charge is 0.118 e. The van der Waals surface area contributed by atoms with Gasteiger partial charge in [-0.05, 0) is 41.5 Å². The van der Waals surface area contributed by atoms with Crippen LogP contribution in [0.1, 0.15) is 41.5 Å². The van der Waals surface area contributed by atoms with Gasteiger partial charge in [-0.3, -0.25) is 0 Å². The SMILES string of the molecule is CC1OC(C)C2(C)OC1(C)C(C)OC2C. The first kappa shape index (κ1) is 11.4. The van der Waals surface area contributed by atoms with E-state index in [0.717, 1.165) is 0 Å². The largest absolute Gasteiger partial charge is 0.369 e. The lowest BCUT2D eigenvalue weighted by atomic mass is 9.82. The molecule has 4 atom stereocenters. The van der Waals surface area contributed by atoms with E-state index in [1.54, 1.807) is 0 Å². The van der Waals surface area contributed by atoms with E-state index in [1.807, 2.05) is 0 Å². The molecular weight excluding hydrogens is 192 g/mol. The number of fused-ring (bicyclic) bond motifs is 2. The zero-order chi connectivity index (χ0) is 11.4. The van der Waals surface area contributed by atoms with Gasteiger partial charge in [-0.2, -0.15) is 0 Å². The van der Waals surface area contributed by atoms with E-state index in [9.17, 15) is 0 Å². The summed E-state index contributed by atoms with van der Waals surface area (Å²) >= 11 is 0. The number of rotatable bonds is 0. The van der Waals surface area contributed by atoms with Crippen LogP contribution in [0, 0.1) is 0 Å². The summed E-state index contributed by atoms with van der Waals surface area (Å²) in [7, 11) is 0. The second-order valence-electron chi connectivity index (χ2n) is 5.31. The minimum Gasteiger partial charge on any atom is -0.369 e. The monoisotopic (exact) mass is 214 g/mol. The summed E-state index contributed by atoms with van der Waals surface area (Å²) in [6.45, 7) is 12.4. The third-order valence-corrected chi connectivity index (χ3v) is 4.49. The Morgan fingerprint density at radius 3 is 1.20 bits per heavy atom. The Bertz CT molecular complexity index is 222. The maximum absolute atomic E-state index is 6.30. The van der Waals surface area contributed by atoms with Gasteiger partial charge in [-0.1, -0.05) is 0 Å². The lowest BCUT2D eigenvalue weighted by Crippen LogP contribution is -2.72. The first-order valence-electron chi connectivity index (χ1n) is 5.82. The molecule has 0 amide bonds. The summed E-state index contributed by atoms with van der Waals surface area (Å²) in [4.78, 5) is 0. The van der Waals surface area contributed by atoms with Crippen LogP contribution in [0.2, 0.25) is 0 Å². The van der Waals surface area contributed by atoms with E-state index in [2.05, 4.69) is 41.5 Å². The lowest BCUT2D eigenvalue weighted by Gasteiger charge is -2.60. The van der Waals surface area contributed by atoms with Crippen molar-refractivity contribution in [1.82, 2.24) is 0 Å². The lowest BCUT2D eigenvalue weighted by molar-refractivity contribution is -0.386. The molecular formula is C12H22O3. The molecule has 2 rings (SSSR count). The molecule has 3 nitrogen and oxygen atoms in total. The molecule has 2 heterocycles. The van der Waals surface area contributed by atoms with Crippen LogP contribution in [0.25, 0.3) is 0 Å². The van der Waals surface area contributed by atoms with E-state index in [1.165, 1.54) is 0 Å². The number of hydrogen-bond donors (Lipinski definition) is 0. The van der Waals surface area contributed by atoms with E-state index < -0.39 is 0 Å².